The van der Waals surface area contributed by atoms with Crippen molar-refractivity contribution in [2.45, 2.75) is 31.9 Å². The molecule has 0 saturated carbocycles. The lowest BCUT2D eigenvalue weighted by Crippen LogP contribution is -2.26. The van der Waals surface area contributed by atoms with E-state index in [1.54, 1.807) is 6.20 Å². The fourth-order valence-corrected chi connectivity index (χ4v) is 3.18. The van der Waals surface area contributed by atoms with Crippen molar-refractivity contribution in [3.8, 4) is 17.4 Å². The van der Waals surface area contributed by atoms with Gasteiger partial charge in [0.1, 0.15) is 6.10 Å². The normalized spacial score (nSPS) is 16.9. The number of fused-ring (bicyclic) bond motifs is 1. The van der Waals surface area contributed by atoms with Gasteiger partial charge >= 0.3 is 0 Å². The van der Waals surface area contributed by atoms with Gasteiger partial charge in [0.15, 0.2) is 17.5 Å². The number of rotatable bonds is 5. The van der Waals surface area contributed by atoms with Gasteiger partial charge in [-0.3, -0.25) is 0 Å². The maximum Gasteiger partial charge on any atom is 0.213 e. The molecule has 1 fully saturated rings. The molecule has 1 saturated heterocycles. The molecule has 0 aliphatic carbocycles. The predicted molar refractivity (Wildman–Crippen MR) is 125 cm³/mol. The van der Waals surface area contributed by atoms with Gasteiger partial charge in [0.25, 0.3) is 0 Å². The molecule has 0 spiro atoms. The second-order valence-corrected chi connectivity index (χ2v) is 6.97. The van der Waals surface area contributed by atoms with Crippen LogP contribution in [0.15, 0.2) is 41.5 Å². The van der Waals surface area contributed by atoms with Crippen LogP contribution in [-0.4, -0.2) is 43.5 Å². The number of aromatic nitrogens is 1. The first-order chi connectivity index (χ1) is 14.3. The van der Waals surface area contributed by atoms with Crippen molar-refractivity contribution in [3.63, 3.8) is 0 Å². The molecule has 1 aromatic heterocycles. The quantitative estimate of drug-likeness (QED) is 0.350. The molecule has 0 bridgehead atoms. The van der Waals surface area contributed by atoms with Gasteiger partial charge in [-0.05, 0) is 23.8 Å². The van der Waals surface area contributed by atoms with Crippen molar-refractivity contribution >= 4 is 35.6 Å². The van der Waals surface area contributed by atoms with Crippen LogP contribution in [0.25, 0.3) is 0 Å². The molecule has 8 nitrogen and oxygen atoms in total. The minimum atomic E-state index is 0. The molecule has 162 valence electrons. The molecule has 0 unspecified atom stereocenters. The van der Waals surface area contributed by atoms with Crippen molar-refractivity contribution in [2.24, 2.45) is 10.7 Å². The van der Waals surface area contributed by atoms with Crippen LogP contribution >= 0.6 is 24.0 Å². The summed E-state index contributed by atoms with van der Waals surface area (Å²) >= 11 is 0. The predicted octanol–water partition coefficient (Wildman–Crippen LogP) is 3.35. The van der Waals surface area contributed by atoms with Gasteiger partial charge in [0.2, 0.25) is 5.88 Å². The second-order valence-electron chi connectivity index (χ2n) is 6.97. The zero-order valence-corrected chi connectivity index (χ0v) is 19.0. The molecule has 9 heteroatoms. The highest BCUT2D eigenvalue weighted by Crippen LogP contribution is 2.32. The number of halogens is 1. The second kappa shape index (κ2) is 11.2. The third kappa shape index (κ3) is 6.36. The first-order valence-corrected chi connectivity index (χ1v) is 9.92. The smallest absolute Gasteiger partial charge is 0.213 e. The highest BCUT2D eigenvalue weighted by molar-refractivity contribution is 14.0. The van der Waals surface area contributed by atoms with E-state index in [0.29, 0.717) is 37.3 Å². The molecule has 4 rings (SSSR count). The summed E-state index contributed by atoms with van der Waals surface area (Å²) in [6, 6.07) is 9.44. The van der Waals surface area contributed by atoms with Gasteiger partial charge in [0.05, 0.1) is 33.0 Å². The average molecular weight is 526 g/mol. The summed E-state index contributed by atoms with van der Waals surface area (Å²) in [6.45, 7) is 3.19. The summed E-state index contributed by atoms with van der Waals surface area (Å²) in [5.41, 5.74) is 7.83. The lowest BCUT2D eigenvalue weighted by Gasteiger charge is -2.22. The Bertz CT molecular complexity index is 859. The first-order valence-electron chi connectivity index (χ1n) is 9.92. The van der Waals surface area contributed by atoms with E-state index in [0.717, 1.165) is 49.5 Å². The molecule has 3 N–H and O–H groups in total. The van der Waals surface area contributed by atoms with Gasteiger partial charge in [-0.25, -0.2) is 9.98 Å². The van der Waals surface area contributed by atoms with E-state index in [-0.39, 0.29) is 30.1 Å². The maximum absolute atomic E-state index is 6.05. The standard InChI is InChI=1S/C21H26N4O4.HI/c22-21(25-16-2-3-18-19(13-16)28-9-1-8-27-18)24-14-15-4-7-23-20(12-15)29-17-5-10-26-11-6-17;/h2-4,7,12-13,17H,1,5-6,8-11,14H2,(H3,22,24,25);1H. The van der Waals surface area contributed by atoms with Gasteiger partial charge < -0.3 is 30.0 Å². The van der Waals surface area contributed by atoms with Crippen molar-refractivity contribution < 1.29 is 18.9 Å². The number of anilines is 1. The molecule has 2 aromatic rings. The summed E-state index contributed by atoms with van der Waals surface area (Å²) in [5, 5.41) is 3.09. The van der Waals surface area contributed by atoms with Gasteiger partial charge in [-0.2, -0.15) is 0 Å². The zero-order chi connectivity index (χ0) is 19.9. The monoisotopic (exact) mass is 526 g/mol. The van der Waals surface area contributed by atoms with Crippen LogP contribution in [-0.2, 0) is 11.3 Å². The van der Waals surface area contributed by atoms with Gasteiger partial charge in [0, 0.05) is 43.3 Å². The van der Waals surface area contributed by atoms with Crippen LogP contribution in [0.2, 0.25) is 0 Å². The topological polar surface area (TPSA) is 100 Å². The van der Waals surface area contributed by atoms with Gasteiger partial charge in [-0.1, -0.05) is 0 Å². The van der Waals surface area contributed by atoms with Crippen molar-refractivity contribution in [1.82, 2.24) is 4.98 Å². The number of hydrogen-bond donors (Lipinski definition) is 2. The number of ether oxygens (including phenoxy) is 4. The third-order valence-electron chi connectivity index (χ3n) is 4.71. The first kappa shape index (κ1) is 22.4. The number of nitrogens with zero attached hydrogens (tertiary/aromatic N) is 2. The number of nitrogens with one attached hydrogen (secondary N) is 1. The van der Waals surface area contributed by atoms with Crippen LogP contribution in [0.1, 0.15) is 24.8 Å². The molecule has 30 heavy (non-hydrogen) atoms. The van der Waals surface area contributed by atoms with Crippen molar-refractivity contribution in [3.05, 3.63) is 42.1 Å². The minimum absolute atomic E-state index is 0. The van der Waals surface area contributed by atoms with E-state index in [1.807, 2.05) is 30.3 Å². The summed E-state index contributed by atoms with van der Waals surface area (Å²) < 4.78 is 22.6. The minimum Gasteiger partial charge on any atom is -0.490 e. The molecule has 1 aromatic carbocycles. The number of hydrogen-bond acceptors (Lipinski definition) is 6. The van der Waals surface area contributed by atoms with Crippen molar-refractivity contribution in [2.75, 3.05) is 31.7 Å². The van der Waals surface area contributed by atoms with Crippen LogP contribution < -0.4 is 25.3 Å². The lowest BCUT2D eigenvalue weighted by molar-refractivity contribution is 0.0237. The van der Waals surface area contributed by atoms with E-state index in [9.17, 15) is 0 Å². The van der Waals surface area contributed by atoms with Crippen LogP contribution in [0.4, 0.5) is 5.69 Å². The average Bonchev–Trinajstić information content (AvgIpc) is 2.98. The Morgan fingerprint density at radius 1 is 1.10 bits per heavy atom. The van der Waals surface area contributed by atoms with Crippen molar-refractivity contribution in [1.29, 1.82) is 0 Å². The van der Waals surface area contributed by atoms with E-state index >= 15 is 0 Å². The maximum atomic E-state index is 6.05. The molecule has 0 atom stereocenters. The fraction of sp³-hybridized carbons (Fsp3) is 0.429. The molecular weight excluding hydrogens is 499 g/mol. The Kier molecular flexibility index (Phi) is 8.38. The molecule has 0 radical (unpaired) electrons. The van der Waals surface area contributed by atoms with E-state index in [2.05, 4.69) is 15.3 Å². The summed E-state index contributed by atoms with van der Waals surface area (Å²) in [5.74, 6) is 2.39. The molecule has 2 aliphatic heterocycles. The summed E-state index contributed by atoms with van der Waals surface area (Å²) in [7, 11) is 0. The number of pyridine rings is 1. The highest BCUT2D eigenvalue weighted by Gasteiger charge is 2.16. The fourth-order valence-electron chi connectivity index (χ4n) is 3.18. The van der Waals surface area contributed by atoms with E-state index < -0.39 is 0 Å². The summed E-state index contributed by atoms with van der Waals surface area (Å²) in [6.07, 6.45) is 4.52. The number of aliphatic imine (C=N–C) groups is 1. The Morgan fingerprint density at radius 3 is 2.73 bits per heavy atom. The number of nitrogens with two attached hydrogens (primary N) is 1. The Balaban J connectivity index is 0.00000256. The van der Waals surface area contributed by atoms with E-state index in [4.69, 9.17) is 24.7 Å². The molecule has 3 heterocycles. The van der Waals surface area contributed by atoms with E-state index in [1.165, 1.54) is 0 Å². The lowest BCUT2D eigenvalue weighted by atomic mass is 10.1. The number of benzene rings is 1. The SMILES string of the molecule is I.NC(=NCc1ccnc(OC2CCOCC2)c1)Nc1ccc2c(c1)OCCCO2. The van der Waals surface area contributed by atoms with Gasteiger partial charge in [-0.15, -0.1) is 24.0 Å². The summed E-state index contributed by atoms with van der Waals surface area (Å²) in [4.78, 5) is 8.71. The Hall–Kier alpha value is -2.27. The molecular formula is C21H27IN4O4. The Labute approximate surface area is 193 Å². The number of guanidine groups is 1. The largest absolute Gasteiger partial charge is 0.490 e. The third-order valence-corrected chi connectivity index (χ3v) is 4.71. The Morgan fingerprint density at radius 2 is 1.90 bits per heavy atom. The molecule has 0 amide bonds. The zero-order valence-electron chi connectivity index (χ0n) is 16.7. The molecule has 2 aliphatic rings. The highest BCUT2D eigenvalue weighted by atomic mass is 127. The van der Waals surface area contributed by atoms with Crippen LogP contribution in [0.3, 0.4) is 0 Å². The van der Waals surface area contributed by atoms with Crippen LogP contribution in [0, 0.1) is 0 Å². The van der Waals surface area contributed by atoms with Crippen LogP contribution in [0.5, 0.6) is 17.4 Å².